The summed E-state index contributed by atoms with van der Waals surface area (Å²) < 4.78 is 132. The van der Waals surface area contributed by atoms with Crippen LogP contribution in [0.25, 0.3) is 11.1 Å². The van der Waals surface area contributed by atoms with Crippen molar-refractivity contribution in [2.45, 2.75) is 44.9 Å². The molecule has 0 aromatic heterocycles. The van der Waals surface area contributed by atoms with Crippen LogP contribution >= 0.6 is 0 Å². The average molecular weight is 595 g/mol. The van der Waals surface area contributed by atoms with Crippen LogP contribution in [-0.4, -0.2) is 12.3 Å². The summed E-state index contributed by atoms with van der Waals surface area (Å²) in [6, 6.07) is 8.65. The van der Waals surface area contributed by atoms with Gasteiger partial charge in [-0.1, -0.05) is 49.8 Å². The molecule has 1 nitrogen and oxygen atoms in total. The molecule has 0 radical (unpaired) electrons. The first-order valence-electron chi connectivity index (χ1n) is 12.9. The molecule has 2 unspecified atom stereocenters. The molecule has 1 aliphatic rings. The van der Waals surface area contributed by atoms with E-state index in [1.54, 1.807) is 12.1 Å². The van der Waals surface area contributed by atoms with Gasteiger partial charge < -0.3 is 4.74 Å². The zero-order valence-corrected chi connectivity index (χ0v) is 22.1. The lowest BCUT2D eigenvalue weighted by Gasteiger charge is -2.29. The Labute approximate surface area is 236 Å². The minimum atomic E-state index is -4.64. The molecule has 0 fully saturated rings. The lowest BCUT2D eigenvalue weighted by Crippen LogP contribution is -2.41. The molecule has 1 aliphatic carbocycles. The smallest absolute Gasteiger partial charge is 0.410 e. The maximum atomic E-state index is 14.8. The highest BCUT2D eigenvalue weighted by molar-refractivity contribution is 5.66. The zero-order valence-electron chi connectivity index (χ0n) is 22.1. The second kappa shape index (κ2) is 12.8. The number of rotatable bonds is 8. The molecule has 0 bridgehead atoms. The quantitative estimate of drug-likeness (QED) is 0.109. The molecular weight excluding hydrogens is 571 g/mol. The van der Waals surface area contributed by atoms with E-state index in [1.807, 2.05) is 0 Å². The molecule has 2 atom stereocenters. The number of hydrogen-bond acceptors (Lipinski definition) is 1. The zero-order chi connectivity index (χ0) is 30.6. The summed E-state index contributed by atoms with van der Waals surface area (Å²) in [5.74, 6) is -8.05. The molecule has 10 heteroatoms. The average Bonchev–Trinajstić information content (AvgIpc) is 2.90. The van der Waals surface area contributed by atoms with Crippen LogP contribution in [-0.2, 0) is 6.42 Å². The Morgan fingerprint density at radius 3 is 2.14 bits per heavy atom. The van der Waals surface area contributed by atoms with E-state index in [1.165, 1.54) is 18.2 Å². The molecule has 4 rings (SSSR count). The Morgan fingerprint density at radius 1 is 0.810 bits per heavy atom. The third kappa shape index (κ3) is 7.01. The van der Waals surface area contributed by atoms with Gasteiger partial charge in [-0.2, -0.15) is 8.78 Å². The van der Waals surface area contributed by atoms with Crippen molar-refractivity contribution in [1.29, 1.82) is 0 Å². The van der Waals surface area contributed by atoms with E-state index in [0.717, 1.165) is 37.3 Å². The fourth-order valence-corrected chi connectivity index (χ4v) is 4.39. The number of halogens is 9. The Morgan fingerprint density at radius 2 is 1.52 bits per heavy atom. The number of ether oxygens (including phenoxy) is 1. The molecule has 0 amide bonds. The van der Waals surface area contributed by atoms with E-state index < -0.39 is 58.9 Å². The van der Waals surface area contributed by atoms with Crippen LogP contribution in [0.1, 0.15) is 37.3 Å². The molecule has 0 saturated carbocycles. The number of benzene rings is 3. The highest BCUT2D eigenvalue weighted by atomic mass is 19.3. The summed E-state index contributed by atoms with van der Waals surface area (Å²) in [5, 5.41) is 0. The second-order valence-electron chi connectivity index (χ2n) is 9.65. The molecule has 3 aromatic carbocycles. The predicted octanol–water partition coefficient (Wildman–Crippen LogP) is 9.55. The van der Waals surface area contributed by atoms with Gasteiger partial charge in [0.15, 0.2) is 17.5 Å². The van der Waals surface area contributed by atoms with Crippen LogP contribution in [0.2, 0.25) is 0 Å². The summed E-state index contributed by atoms with van der Waals surface area (Å²) in [6.07, 6.45) is -2.62. The lowest BCUT2D eigenvalue weighted by molar-refractivity contribution is -0.219. The topological polar surface area (TPSA) is 9.23 Å². The van der Waals surface area contributed by atoms with Crippen LogP contribution in [0, 0.1) is 46.8 Å². The van der Waals surface area contributed by atoms with Gasteiger partial charge in [-0.25, -0.2) is 30.7 Å². The molecule has 0 spiro atoms. The minimum Gasteiger partial charge on any atom is -0.432 e. The number of hydrogen-bond donors (Lipinski definition) is 0. The van der Waals surface area contributed by atoms with Crippen molar-refractivity contribution >= 4 is 0 Å². The summed E-state index contributed by atoms with van der Waals surface area (Å²) >= 11 is 0. The van der Waals surface area contributed by atoms with Crippen LogP contribution in [0.3, 0.4) is 0 Å². The first-order valence-corrected chi connectivity index (χ1v) is 12.9. The Kier molecular flexibility index (Phi) is 9.40. The Balaban J connectivity index is 1.49. The van der Waals surface area contributed by atoms with Gasteiger partial charge in [0.25, 0.3) is 0 Å². The van der Waals surface area contributed by atoms with Crippen LogP contribution < -0.4 is 4.74 Å². The van der Waals surface area contributed by atoms with Gasteiger partial charge in [0.05, 0.1) is 5.56 Å². The number of aryl methyl sites for hydroxylation is 1. The van der Waals surface area contributed by atoms with Crippen molar-refractivity contribution in [3.05, 3.63) is 112 Å². The van der Waals surface area contributed by atoms with Crippen molar-refractivity contribution in [2.75, 3.05) is 0 Å². The van der Waals surface area contributed by atoms with E-state index in [9.17, 15) is 39.5 Å². The van der Waals surface area contributed by atoms with E-state index >= 15 is 0 Å². The van der Waals surface area contributed by atoms with Gasteiger partial charge in [-0.05, 0) is 54.3 Å². The van der Waals surface area contributed by atoms with E-state index in [2.05, 4.69) is 23.5 Å². The maximum absolute atomic E-state index is 14.8. The van der Waals surface area contributed by atoms with Crippen LogP contribution in [0.15, 0.2) is 72.1 Å². The summed E-state index contributed by atoms with van der Waals surface area (Å²) in [6.45, 7) is 2.06. The minimum absolute atomic E-state index is 0.106. The van der Waals surface area contributed by atoms with E-state index in [4.69, 9.17) is 0 Å². The Hall–Kier alpha value is -4.13. The first-order chi connectivity index (χ1) is 19.9. The monoisotopic (exact) mass is 594 g/mol. The van der Waals surface area contributed by atoms with Gasteiger partial charge in [0, 0.05) is 23.3 Å². The van der Waals surface area contributed by atoms with E-state index in [-0.39, 0.29) is 34.4 Å². The highest BCUT2D eigenvalue weighted by Gasteiger charge is 2.51. The maximum Gasteiger partial charge on any atom is 0.410 e. The molecular formula is C32H23F9O. The van der Waals surface area contributed by atoms with Gasteiger partial charge in [-0.15, -0.1) is 0 Å². The van der Waals surface area contributed by atoms with Crippen molar-refractivity contribution in [3.8, 4) is 28.7 Å². The fraction of sp³-hybridized carbons (Fsp3) is 0.250. The van der Waals surface area contributed by atoms with Crippen LogP contribution in [0.4, 0.5) is 39.5 Å². The van der Waals surface area contributed by atoms with Gasteiger partial charge >= 0.3 is 6.11 Å². The fourth-order valence-electron chi connectivity index (χ4n) is 4.39. The van der Waals surface area contributed by atoms with Crippen molar-refractivity contribution < 1.29 is 44.3 Å². The van der Waals surface area contributed by atoms with Crippen LogP contribution in [0.5, 0.6) is 5.75 Å². The molecule has 220 valence electrons. The molecule has 0 N–H and O–H groups in total. The second-order valence-corrected chi connectivity index (χ2v) is 9.65. The molecule has 0 aliphatic heterocycles. The summed E-state index contributed by atoms with van der Waals surface area (Å²) in [5.41, 5.74) is 0.655. The molecule has 0 saturated heterocycles. The predicted molar refractivity (Wildman–Crippen MR) is 139 cm³/mol. The third-order valence-electron chi connectivity index (χ3n) is 6.55. The summed E-state index contributed by atoms with van der Waals surface area (Å²) in [4.78, 5) is 0. The van der Waals surface area contributed by atoms with Crippen molar-refractivity contribution in [1.82, 2.24) is 0 Å². The molecule has 3 aromatic rings. The normalized spacial score (nSPS) is 16.8. The first kappa shape index (κ1) is 30.8. The molecule has 42 heavy (non-hydrogen) atoms. The number of alkyl halides is 3. The van der Waals surface area contributed by atoms with Gasteiger partial charge in [0.2, 0.25) is 0 Å². The van der Waals surface area contributed by atoms with Crippen molar-refractivity contribution in [2.24, 2.45) is 5.92 Å². The highest BCUT2D eigenvalue weighted by Crippen LogP contribution is 2.41. The van der Waals surface area contributed by atoms with E-state index in [0.29, 0.717) is 12.2 Å². The third-order valence-corrected chi connectivity index (χ3v) is 6.55. The standard InChI is InChI=1S/C32H23F9O/c1-2-3-4-5-18-7-11-23(25(34)12-18)21-10-9-20(24(33)15-21)8-6-19-13-26(35)30(27(36)14-19)32(40,41)42-22-16-28(37)31(39)29(38)17-22/h7,9-17,26,30H,2-5H2,1H3. The number of allylic oxidation sites excluding steroid dienone is 3. The van der Waals surface area contributed by atoms with Gasteiger partial charge in [0.1, 0.15) is 35.3 Å². The number of unbranched alkanes of at least 4 members (excludes halogenated alkanes) is 2. The molecule has 0 heterocycles. The largest absolute Gasteiger partial charge is 0.432 e. The van der Waals surface area contributed by atoms with Crippen molar-refractivity contribution in [3.63, 3.8) is 0 Å². The lowest BCUT2D eigenvalue weighted by atomic mass is 9.92. The summed E-state index contributed by atoms with van der Waals surface area (Å²) in [7, 11) is 0. The van der Waals surface area contributed by atoms with Gasteiger partial charge in [-0.3, -0.25) is 0 Å². The Bertz CT molecular complexity index is 1570. The SMILES string of the molecule is CCCCCc1ccc(-c2ccc(C#CC3=CC(F)C(C(F)(F)Oc4cc(F)c(F)c(F)c4)C(F)=C3)c(F)c2)c(F)c1.